The molecule has 7 heteroatoms. The molecular weight excluding hydrogens is 340 g/mol. The van der Waals surface area contributed by atoms with Crippen molar-refractivity contribution in [3.05, 3.63) is 41.3 Å². The minimum Gasteiger partial charge on any atom is -0.365 e. The highest BCUT2D eigenvalue weighted by Gasteiger charge is 2.17. The molecule has 1 amide bonds. The smallest absolute Gasteiger partial charge is 0.252 e. The summed E-state index contributed by atoms with van der Waals surface area (Å²) in [4.78, 5) is 27.5. The molecule has 2 aromatic rings. The van der Waals surface area contributed by atoms with E-state index in [9.17, 15) is 4.79 Å². The summed E-state index contributed by atoms with van der Waals surface area (Å²) in [6.07, 6.45) is 9.78. The van der Waals surface area contributed by atoms with Gasteiger partial charge in [0, 0.05) is 36.7 Å². The summed E-state index contributed by atoms with van der Waals surface area (Å²) < 4.78 is 0. The number of anilines is 2. The van der Waals surface area contributed by atoms with Gasteiger partial charge in [-0.15, -0.1) is 0 Å². The molecule has 0 bridgehead atoms. The summed E-state index contributed by atoms with van der Waals surface area (Å²) in [5.41, 5.74) is 7.72. The lowest BCUT2D eigenvalue weighted by atomic mass is 10.1. The van der Waals surface area contributed by atoms with Crippen LogP contribution in [-0.2, 0) is 0 Å². The average molecular weight is 368 g/mol. The number of nitrogens with one attached hydrogen (secondary N) is 1. The number of nitrogens with two attached hydrogens (primary N) is 1. The van der Waals surface area contributed by atoms with Crippen LogP contribution in [0.1, 0.15) is 66.7 Å². The van der Waals surface area contributed by atoms with Crippen molar-refractivity contribution < 1.29 is 4.79 Å². The SMILES string of the molecule is Cc1nc(N2CCCCCCC2)ncc1[C@@H](C)Nc1ncccc1C(N)=O. The highest BCUT2D eigenvalue weighted by molar-refractivity contribution is 5.97. The summed E-state index contributed by atoms with van der Waals surface area (Å²) in [5, 5.41) is 3.26. The topological polar surface area (TPSA) is 97.0 Å². The van der Waals surface area contributed by atoms with Crippen molar-refractivity contribution in [1.29, 1.82) is 0 Å². The monoisotopic (exact) mass is 368 g/mol. The fraction of sp³-hybridized carbons (Fsp3) is 0.500. The molecule has 1 saturated heterocycles. The molecule has 3 heterocycles. The minimum atomic E-state index is -0.502. The minimum absolute atomic E-state index is 0.0978. The summed E-state index contributed by atoms with van der Waals surface area (Å²) in [7, 11) is 0. The Labute approximate surface area is 160 Å². The van der Waals surface area contributed by atoms with Gasteiger partial charge in [-0.05, 0) is 38.8 Å². The van der Waals surface area contributed by atoms with E-state index in [1.54, 1.807) is 18.3 Å². The number of primary amides is 1. The quantitative estimate of drug-likeness (QED) is 0.841. The Bertz CT molecular complexity index is 786. The lowest BCUT2D eigenvalue weighted by Crippen LogP contribution is -2.29. The van der Waals surface area contributed by atoms with Crippen LogP contribution in [0.5, 0.6) is 0 Å². The Morgan fingerprint density at radius 2 is 1.89 bits per heavy atom. The lowest BCUT2D eigenvalue weighted by Gasteiger charge is -2.26. The number of aryl methyl sites for hydroxylation is 1. The van der Waals surface area contributed by atoms with Crippen LogP contribution in [0.25, 0.3) is 0 Å². The normalized spacial score (nSPS) is 16.3. The van der Waals surface area contributed by atoms with Crippen molar-refractivity contribution in [2.75, 3.05) is 23.3 Å². The zero-order chi connectivity index (χ0) is 19.2. The maximum Gasteiger partial charge on any atom is 0.252 e. The van der Waals surface area contributed by atoms with Crippen molar-refractivity contribution in [2.24, 2.45) is 5.73 Å². The standard InChI is InChI=1S/C20H28N6O/c1-14(24-19-16(18(21)27)9-8-10-22-19)17-13-23-20(25-15(17)2)26-11-6-4-3-5-7-12-26/h8-10,13-14H,3-7,11-12H2,1-2H3,(H2,21,27)(H,22,24)/t14-/m1/s1. The molecule has 1 aliphatic heterocycles. The Morgan fingerprint density at radius 3 is 2.56 bits per heavy atom. The summed E-state index contributed by atoms with van der Waals surface area (Å²) in [5.74, 6) is 0.781. The number of carbonyl (C=O) groups is 1. The Balaban J connectivity index is 1.76. The molecular formula is C20H28N6O. The van der Waals surface area contributed by atoms with E-state index >= 15 is 0 Å². The summed E-state index contributed by atoms with van der Waals surface area (Å²) in [6.45, 7) is 6.03. The van der Waals surface area contributed by atoms with Gasteiger partial charge in [-0.25, -0.2) is 15.0 Å². The van der Waals surface area contributed by atoms with E-state index in [1.165, 1.54) is 32.1 Å². The van der Waals surface area contributed by atoms with Crippen LogP contribution < -0.4 is 16.0 Å². The predicted molar refractivity (Wildman–Crippen MR) is 107 cm³/mol. The van der Waals surface area contributed by atoms with Gasteiger partial charge in [-0.1, -0.05) is 19.3 Å². The molecule has 0 unspecified atom stereocenters. The third-order valence-corrected chi connectivity index (χ3v) is 5.04. The third kappa shape index (κ3) is 4.72. The average Bonchev–Trinajstić information content (AvgIpc) is 2.61. The molecule has 3 N–H and O–H groups in total. The molecule has 1 atom stereocenters. The molecule has 27 heavy (non-hydrogen) atoms. The second-order valence-corrected chi connectivity index (χ2v) is 7.10. The Hall–Kier alpha value is -2.70. The van der Waals surface area contributed by atoms with Crippen molar-refractivity contribution in [3.63, 3.8) is 0 Å². The fourth-order valence-electron chi connectivity index (χ4n) is 3.49. The molecule has 1 aliphatic rings. The van der Waals surface area contributed by atoms with Crippen LogP contribution in [0, 0.1) is 6.92 Å². The molecule has 3 rings (SSSR count). The van der Waals surface area contributed by atoms with Crippen molar-refractivity contribution in [1.82, 2.24) is 15.0 Å². The predicted octanol–water partition coefficient (Wildman–Crippen LogP) is 3.22. The van der Waals surface area contributed by atoms with E-state index in [1.807, 2.05) is 20.0 Å². The summed E-state index contributed by atoms with van der Waals surface area (Å²) >= 11 is 0. The van der Waals surface area contributed by atoms with Gasteiger partial charge in [0.15, 0.2) is 0 Å². The van der Waals surface area contributed by atoms with E-state index in [4.69, 9.17) is 10.7 Å². The van der Waals surface area contributed by atoms with Crippen LogP contribution in [0.15, 0.2) is 24.5 Å². The van der Waals surface area contributed by atoms with Gasteiger partial charge in [0.1, 0.15) is 5.82 Å². The van der Waals surface area contributed by atoms with Crippen LogP contribution in [0.4, 0.5) is 11.8 Å². The number of pyridine rings is 1. The van der Waals surface area contributed by atoms with E-state index < -0.39 is 5.91 Å². The van der Waals surface area contributed by atoms with Crippen LogP contribution in [0.2, 0.25) is 0 Å². The Kier molecular flexibility index (Phi) is 6.21. The zero-order valence-electron chi connectivity index (χ0n) is 16.1. The van der Waals surface area contributed by atoms with Crippen molar-refractivity contribution in [3.8, 4) is 0 Å². The molecule has 144 valence electrons. The maximum absolute atomic E-state index is 11.6. The van der Waals surface area contributed by atoms with E-state index in [0.717, 1.165) is 30.3 Å². The van der Waals surface area contributed by atoms with E-state index in [0.29, 0.717) is 11.4 Å². The van der Waals surface area contributed by atoms with Crippen LogP contribution >= 0.6 is 0 Å². The highest BCUT2D eigenvalue weighted by atomic mass is 16.1. The molecule has 1 fully saturated rings. The first-order valence-electron chi connectivity index (χ1n) is 9.66. The van der Waals surface area contributed by atoms with Gasteiger partial charge in [0.2, 0.25) is 5.95 Å². The van der Waals surface area contributed by atoms with Gasteiger partial charge in [0.25, 0.3) is 5.91 Å². The van der Waals surface area contributed by atoms with E-state index in [2.05, 4.69) is 20.2 Å². The van der Waals surface area contributed by atoms with Gasteiger partial charge in [-0.2, -0.15) is 0 Å². The van der Waals surface area contributed by atoms with Gasteiger partial charge in [0.05, 0.1) is 11.6 Å². The molecule has 0 saturated carbocycles. The number of amides is 1. The number of rotatable bonds is 5. The van der Waals surface area contributed by atoms with E-state index in [-0.39, 0.29) is 6.04 Å². The Morgan fingerprint density at radius 1 is 1.19 bits per heavy atom. The first-order valence-corrected chi connectivity index (χ1v) is 9.66. The molecule has 0 aromatic carbocycles. The van der Waals surface area contributed by atoms with Crippen molar-refractivity contribution in [2.45, 2.75) is 52.0 Å². The van der Waals surface area contributed by atoms with Gasteiger partial charge >= 0.3 is 0 Å². The van der Waals surface area contributed by atoms with Crippen molar-refractivity contribution >= 4 is 17.7 Å². The fourth-order valence-corrected chi connectivity index (χ4v) is 3.49. The number of carbonyl (C=O) groups excluding carboxylic acids is 1. The molecule has 7 nitrogen and oxygen atoms in total. The molecule has 2 aromatic heterocycles. The highest BCUT2D eigenvalue weighted by Crippen LogP contribution is 2.24. The first-order chi connectivity index (χ1) is 13.1. The largest absolute Gasteiger partial charge is 0.365 e. The lowest BCUT2D eigenvalue weighted by molar-refractivity contribution is 0.100. The summed E-state index contributed by atoms with van der Waals surface area (Å²) in [6, 6.07) is 3.26. The molecule has 0 spiro atoms. The third-order valence-electron chi connectivity index (χ3n) is 5.04. The number of nitrogens with zero attached hydrogens (tertiary/aromatic N) is 4. The van der Waals surface area contributed by atoms with Gasteiger partial charge in [-0.3, -0.25) is 4.79 Å². The molecule has 0 radical (unpaired) electrons. The first kappa shape index (κ1) is 19.1. The van der Waals surface area contributed by atoms with Crippen LogP contribution in [-0.4, -0.2) is 33.9 Å². The number of hydrogen-bond donors (Lipinski definition) is 2. The maximum atomic E-state index is 11.6. The molecule has 0 aliphatic carbocycles. The number of aromatic nitrogens is 3. The van der Waals surface area contributed by atoms with Gasteiger partial charge < -0.3 is 16.0 Å². The van der Waals surface area contributed by atoms with Crippen LogP contribution in [0.3, 0.4) is 0 Å². The second kappa shape index (κ2) is 8.79. The second-order valence-electron chi connectivity index (χ2n) is 7.10. The number of hydrogen-bond acceptors (Lipinski definition) is 6. The zero-order valence-corrected chi connectivity index (χ0v) is 16.1.